The number of hydrogen-bond donors (Lipinski definition) is 0. The van der Waals surface area contributed by atoms with Gasteiger partial charge in [-0.2, -0.15) is 4.98 Å². The van der Waals surface area contributed by atoms with Gasteiger partial charge in [0.15, 0.2) is 0 Å². The number of anilines is 1. The Balaban J connectivity index is 1.21. The van der Waals surface area contributed by atoms with Gasteiger partial charge in [0.2, 0.25) is 17.6 Å². The molecule has 1 aliphatic heterocycles. The molecule has 0 aliphatic carbocycles. The number of halogens is 1. The highest BCUT2D eigenvalue weighted by atomic mass is 35.5. The van der Waals surface area contributed by atoms with Gasteiger partial charge >= 0.3 is 0 Å². The van der Waals surface area contributed by atoms with E-state index in [-0.39, 0.29) is 5.91 Å². The van der Waals surface area contributed by atoms with Crippen LogP contribution in [0, 0.1) is 0 Å². The molecular weight excluding hydrogens is 436 g/mol. The number of carbonyl (C=O) groups is 1. The summed E-state index contributed by atoms with van der Waals surface area (Å²) < 4.78 is 10.5. The van der Waals surface area contributed by atoms with Crippen LogP contribution in [0.5, 0.6) is 5.75 Å². The van der Waals surface area contributed by atoms with E-state index in [2.05, 4.69) is 27.2 Å². The lowest BCUT2D eigenvalue weighted by molar-refractivity contribution is -0.128. The van der Waals surface area contributed by atoms with Gasteiger partial charge in [-0.15, -0.1) is 11.8 Å². The second-order valence-electron chi connectivity index (χ2n) is 7.08. The molecule has 162 valence electrons. The van der Waals surface area contributed by atoms with Crippen LogP contribution in [-0.4, -0.2) is 60.0 Å². The maximum absolute atomic E-state index is 12.6. The fourth-order valence-electron chi connectivity index (χ4n) is 3.35. The third kappa shape index (κ3) is 5.51. The van der Waals surface area contributed by atoms with E-state index in [1.54, 1.807) is 19.2 Å². The molecule has 1 aromatic heterocycles. The standard InChI is InChI=1S/C22H23ClN4O3S/c1-29-19-8-6-18(7-9-19)26-10-12-27(13-11-26)21(28)15-31-14-20-24-22(25-30-20)16-2-4-17(23)5-3-16/h2-9H,10-15H2,1H3. The summed E-state index contributed by atoms with van der Waals surface area (Å²) in [5.74, 6) is 2.90. The molecule has 0 spiro atoms. The SMILES string of the molecule is COc1ccc(N2CCN(C(=O)CSCc3nc(-c4ccc(Cl)cc4)no3)CC2)cc1. The maximum atomic E-state index is 12.6. The average molecular weight is 459 g/mol. The number of ether oxygens (including phenoxy) is 1. The Morgan fingerprint density at radius 1 is 1.10 bits per heavy atom. The summed E-state index contributed by atoms with van der Waals surface area (Å²) >= 11 is 7.39. The molecule has 0 bridgehead atoms. The number of methoxy groups -OCH3 is 1. The highest BCUT2D eigenvalue weighted by Crippen LogP contribution is 2.22. The van der Waals surface area contributed by atoms with Gasteiger partial charge in [-0.1, -0.05) is 16.8 Å². The Kier molecular flexibility index (Phi) is 6.99. The van der Waals surface area contributed by atoms with E-state index < -0.39 is 0 Å². The highest BCUT2D eigenvalue weighted by molar-refractivity contribution is 7.99. The molecular formula is C22H23ClN4O3S. The summed E-state index contributed by atoms with van der Waals surface area (Å²) in [6.45, 7) is 3.06. The minimum absolute atomic E-state index is 0.136. The Morgan fingerprint density at radius 2 is 1.81 bits per heavy atom. The first-order chi connectivity index (χ1) is 15.1. The zero-order valence-electron chi connectivity index (χ0n) is 17.2. The first-order valence-corrected chi connectivity index (χ1v) is 11.5. The summed E-state index contributed by atoms with van der Waals surface area (Å²) in [6, 6.07) is 15.3. The topological polar surface area (TPSA) is 71.7 Å². The number of aromatic nitrogens is 2. The maximum Gasteiger partial charge on any atom is 0.236 e. The van der Waals surface area contributed by atoms with Crippen molar-refractivity contribution in [2.24, 2.45) is 0 Å². The van der Waals surface area contributed by atoms with Crippen LogP contribution in [0.4, 0.5) is 5.69 Å². The predicted molar refractivity (Wildman–Crippen MR) is 123 cm³/mol. The van der Waals surface area contributed by atoms with Crippen LogP contribution >= 0.6 is 23.4 Å². The zero-order chi connectivity index (χ0) is 21.6. The Hall–Kier alpha value is -2.71. The van der Waals surface area contributed by atoms with Crippen LogP contribution in [0.2, 0.25) is 5.02 Å². The molecule has 4 rings (SSSR count). The molecule has 31 heavy (non-hydrogen) atoms. The van der Waals surface area contributed by atoms with Crippen molar-refractivity contribution in [2.45, 2.75) is 5.75 Å². The van der Waals surface area contributed by atoms with Gasteiger partial charge in [0, 0.05) is 42.5 Å². The minimum atomic E-state index is 0.136. The fourth-order valence-corrected chi connectivity index (χ4v) is 4.23. The van der Waals surface area contributed by atoms with Crippen LogP contribution in [0.15, 0.2) is 53.1 Å². The molecule has 2 aromatic carbocycles. The molecule has 1 amide bonds. The molecule has 0 N–H and O–H groups in total. The number of carbonyl (C=O) groups excluding carboxylic acids is 1. The average Bonchev–Trinajstić information content (AvgIpc) is 3.28. The fraction of sp³-hybridized carbons (Fsp3) is 0.318. The van der Waals surface area contributed by atoms with Crippen LogP contribution in [-0.2, 0) is 10.5 Å². The number of thioether (sulfide) groups is 1. The van der Waals surface area contributed by atoms with Crippen molar-refractivity contribution in [3.63, 3.8) is 0 Å². The molecule has 9 heteroatoms. The lowest BCUT2D eigenvalue weighted by Gasteiger charge is -2.36. The first kappa shape index (κ1) is 21.5. The molecule has 0 saturated carbocycles. The van der Waals surface area contributed by atoms with E-state index in [4.69, 9.17) is 20.9 Å². The van der Waals surface area contributed by atoms with Gasteiger partial charge in [-0.25, -0.2) is 0 Å². The third-order valence-corrected chi connectivity index (χ3v) is 6.25. The number of amides is 1. The smallest absolute Gasteiger partial charge is 0.236 e. The lowest BCUT2D eigenvalue weighted by Crippen LogP contribution is -2.49. The molecule has 3 aromatic rings. The van der Waals surface area contributed by atoms with Gasteiger partial charge in [-0.3, -0.25) is 4.79 Å². The van der Waals surface area contributed by atoms with E-state index in [1.165, 1.54) is 11.8 Å². The Labute approximate surface area is 190 Å². The second kappa shape index (κ2) is 10.1. The van der Waals surface area contributed by atoms with Gasteiger partial charge in [0.1, 0.15) is 5.75 Å². The largest absolute Gasteiger partial charge is 0.497 e. The summed E-state index contributed by atoms with van der Waals surface area (Å²) in [4.78, 5) is 21.2. The number of piperazine rings is 1. The third-order valence-electron chi connectivity index (χ3n) is 5.09. The zero-order valence-corrected chi connectivity index (χ0v) is 18.7. The molecule has 0 atom stereocenters. The van der Waals surface area contributed by atoms with E-state index in [9.17, 15) is 4.79 Å². The van der Waals surface area contributed by atoms with Crippen molar-refractivity contribution in [3.05, 3.63) is 59.4 Å². The van der Waals surface area contributed by atoms with Crippen LogP contribution in [0.25, 0.3) is 11.4 Å². The van der Waals surface area contributed by atoms with Crippen molar-refractivity contribution in [1.82, 2.24) is 15.0 Å². The summed E-state index contributed by atoms with van der Waals surface area (Å²) in [5, 5.41) is 4.66. The van der Waals surface area contributed by atoms with Crippen LogP contribution in [0.1, 0.15) is 5.89 Å². The Bertz CT molecular complexity index is 1000. The van der Waals surface area contributed by atoms with Crippen molar-refractivity contribution >= 4 is 35.0 Å². The first-order valence-electron chi connectivity index (χ1n) is 9.95. The van der Waals surface area contributed by atoms with Gasteiger partial charge in [0.05, 0.1) is 18.6 Å². The summed E-state index contributed by atoms with van der Waals surface area (Å²) in [7, 11) is 1.66. The number of benzene rings is 2. The minimum Gasteiger partial charge on any atom is -0.497 e. The van der Waals surface area contributed by atoms with Crippen LogP contribution < -0.4 is 9.64 Å². The lowest BCUT2D eigenvalue weighted by atomic mass is 10.2. The number of nitrogens with zero attached hydrogens (tertiary/aromatic N) is 4. The van der Waals surface area contributed by atoms with Crippen molar-refractivity contribution < 1.29 is 14.1 Å². The van der Waals surface area contributed by atoms with Crippen LogP contribution in [0.3, 0.4) is 0 Å². The van der Waals surface area contributed by atoms with Gasteiger partial charge in [0.25, 0.3) is 0 Å². The quantitative estimate of drug-likeness (QED) is 0.530. The summed E-state index contributed by atoms with van der Waals surface area (Å²) in [6.07, 6.45) is 0. The number of hydrogen-bond acceptors (Lipinski definition) is 7. The van der Waals surface area contributed by atoms with Crippen molar-refractivity contribution in [1.29, 1.82) is 0 Å². The molecule has 7 nitrogen and oxygen atoms in total. The second-order valence-corrected chi connectivity index (χ2v) is 8.50. The number of rotatable bonds is 7. The molecule has 0 radical (unpaired) electrons. The highest BCUT2D eigenvalue weighted by Gasteiger charge is 2.21. The van der Waals surface area contributed by atoms with Gasteiger partial charge < -0.3 is 19.1 Å². The molecule has 1 saturated heterocycles. The van der Waals surface area contributed by atoms with Crippen molar-refractivity contribution in [3.8, 4) is 17.1 Å². The molecule has 1 aliphatic rings. The van der Waals surface area contributed by atoms with E-state index in [0.29, 0.717) is 41.3 Å². The van der Waals surface area contributed by atoms with E-state index in [1.807, 2.05) is 29.2 Å². The van der Waals surface area contributed by atoms with E-state index in [0.717, 1.165) is 30.1 Å². The predicted octanol–water partition coefficient (Wildman–Crippen LogP) is 3.98. The molecule has 0 unspecified atom stereocenters. The Morgan fingerprint density at radius 3 is 2.48 bits per heavy atom. The van der Waals surface area contributed by atoms with Gasteiger partial charge in [-0.05, 0) is 48.5 Å². The summed E-state index contributed by atoms with van der Waals surface area (Å²) in [5.41, 5.74) is 1.99. The normalized spacial score (nSPS) is 14.0. The molecule has 2 heterocycles. The van der Waals surface area contributed by atoms with Crippen molar-refractivity contribution in [2.75, 3.05) is 43.9 Å². The van der Waals surface area contributed by atoms with E-state index >= 15 is 0 Å². The molecule has 1 fully saturated rings. The monoisotopic (exact) mass is 458 g/mol.